The number of rotatable bonds is 1. The molecule has 0 aliphatic carbocycles. The van der Waals surface area contributed by atoms with Crippen LogP contribution in [0.3, 0.4) is 0 Å². The second kappa shape index (κ2) is 3.54. The van der Waals surface area contributed by atoms with E-state index in [4.69, 9.17) is 17.3 Å². The zero-order valence-corrected chi connectivity index (χ0v) is 9.09. The lowest BCUT2D eigenvalue weighted by atomic mass is 9.90. The second-order valence-electron chi connectivity index (χ2n) is 4.15. The van der Waals surface area contributed by atoms with Crippen LogP contribution in [0.2, 0.25) is 5.02 Å². The first-order chi connectivity index (χ1) is 6.60. The normalized spacial score (nSPS) is 28.2. The summed E-state index contributed by atoms with van der Waals surface area (Å²) in [5.74, 6) is 0. The van der Waals surface area contributed by atoms with Gasteiger partial charge in [-0.25, -0.2) is 0 Å². The van der Waals surface area contributed by atoms with E-state index in [1.165, 1.54) is 0 Å². The molecule has 0 spiro atoms. The third-order valence-corrected chi connectivity index (χ3v) is 3.13. The molecule has 1 heterocycles. The van der Waals surface area contributed by atoms with Crippen LogP contribution in [-0.4, -0.2) is 25.0 Å². The lowest BCUT2D eigenvalue weighted by molar-refractivity contribution is 0.373. The standard InChI is InChI=1S/C11H15ClN2/c1-14-6-5-11(13,8-14)9-3-2-4-10(12)7-9/h2-4,7H,5-6,8,13H2,1H3. The van der Waals surface area contributed by atoms with Gasteiger partial charge in [-0.1, -0.05) is 23.7 Å². The van der Waals surface area contributed by atoms with Crippen molar-refractivity contribution < 1.29 is 0 Å². The summed E-state index contributed by atoms with van der Waals surface area (Å²) in [6, 6.07) is 7.88. The average molecular weight is 211 g/mol. The molecular weight excluding hydrogens is 196 g/mol. The Kier molecular flexibility index (Phi) is 2.52. The Hall–Kier alpha value is -0.570. The first kappa shape index (κ1) is 9.97. The lowest BCUT2D eigenvalue weighted by Crippen LogP contribution is -2.38. The summed E-state index contributed by atoms with van der Waals surface area (Å²) in [6.45, 7) is 1.97. The molecule has 2 rings (SSSR count). The topological polar surface area (TPSA) is 29.3 Å². The maximum Gasteiger partial charge on any atom is 0.0551 e. The summed E-state index contributed by atoms with van der Waals surface area (Å²) >= 11 is 5.95. The van der Waals surface area contributed by atoms with Crippen molar-refractivity contribution >= 4 is 11.6 Å². The van der Waals surface area contributed by atoms with E-state index in [0.29, 0.717) is 0 Å². The number of nitrogens with zero attached hydrogens (tertiary/aromatic N) is 1. The molecule has 1 atom stereocenters. The van der Waals surface area contributed by atoms with Crippen molar-refractivity contribution in [3.8, 4) is 0 Å². The molecule has 0 saturated carbocycles. The van der Waals surface area contributed by atoms with Crippen LogP contribution in [0.15, 0.2) is 24.3 Å². The van der Waals surface area contributed by atoms with E-state index in [9.17, 15) is 0 Å². The predicted molar refractivity (Wildman–Crippen MR) is 59.4 cm³/mol. The van der Waals surface area contributed by atoms with Gasteiger partial charge in [-0.15, -0.1) is 0 Å². The van der Waals surface area contributed by atoms with Gasteiger partial charge in [0.15, 0.2) is 0 Å². The smallest absolute Gasteiger partial charge is 0.0551 e. The van der Waals surface area contributed by atoms with E-state index >= 15 is 0 Å². The van der Waals surface area contributed by atoms with Gasteiger partial charge in [-0.2, -0.15) is 0 Å². The zero-order valence-electron chi connectivity index (χ0n) is 8.33. The highest BCUT2D eigenvalue weighted by Crippen LogP contribution is 2.29. The van der Waals surface area contributed by atoms with Crippen molar-refractivity contribution in [2.75, 3.05) is 20.1 Å². The molecule has 0 bridgehead atoms. The molecule has 2 nitrogen and oxygen atoms in total. The molecule has 1 aromatic rings. The number of halogens is 1. The molecule has 0 aromatic heterocycles. The average Bonchev–Trinajstić information content (AvgIpc) is 2.48. The molecule has 1 aromatic carbocycles. The predicted octanol–water partition coefficient (Wildman–Crippen LogP) is 1.83. The molecular formula is C11H15ClN2. The van der Waals surface area contributed by atoms with Gasteiger partial charge < -0.3 is 10.6 Å². The van der Waals surface area contributed by atoms with Crippen molar-refractivity contribution in [3.05, 3.63) is 34.9 Å². The van der Waals surface area contributed by atoms with Gasteiger partial charge >= 0.3 is 0 Å². The Bertz CT molecular complexity index is 340. The van der Waals surface area contributed by atoms with E-state index in [0.717, 1.165) is 30.1 Å². The Labute approximate surface area is 89.7 Å². The molecule has 14 heavy (non-hydrogen) atoms. The molecule has 2 N–H and O–H groups in total. The minimum Gasteiger partial charge on any atom is -0.320 e. The molecule has 1 unspecified atom stereocenters. The molecule has 0 radical (unpaired) electrons. The fourth-order valence-corrected chi connectivity index (χ4v) is 2.25. The molecule has 3 heteroatoms. The number of hydrogen-bond donors (Lipinski definition) is 1. The highest BCUT2D eigenvalue weighted by Gasteiger charge is 2.34. The van der Waals surface area contributed by atoms with Crippen molar-refractivity contribution in [2.24, 2.45) is 5.73 Å². The van der Waals surface area contributed by atoms with Crippen LogP contribution in [0.4, 0.5) is 0 Å². The highest BCUT2D eigenvalue weighted by atomic mass is 35.5. The van der Waals surface area contributed by atoms with Crippen molar-refractivity contribution in [1.82, 2.24) is 4.90 Å². The monoisotopic (exact) mass is 210 g/mol. The van der Waals surface area contributed by atoms with Crippen LogP contribution in [0.5, 0.6) is 0 Å². The maximum absolute atomic E-state index is 6.34. The van der Waals surface area contributed by atoms with Crippen LogP contribution in [-0.2, 0) is 5.54 Å². The Morgan fingerprint density at radius 2 is 2.29 bits per heavy atom. The van der Waals surface area contributed by atoms with E-state index in [-0.39, 0.29) is 5.54 Å². The van der Waals surface area contributed by atoms with Gasteiger partial charge in [-0.3, -0.25) is 0 Å². The largest absolute Gasteiger partial charge is 0.320 e. The first-order valence-electron chi connectivity index (χ1n) is 4.84. The summed E-state index contributed by atoms with van der Waals surface area (Å²) < 4.78 is 0. The molecule has 1 aliphatic heterocycles. The number of hydrogen-bond acceptors (Lipinski definition) is 2. The van der Waals surface area contributed by atoms with Crippen molar-refractivity contribution in [3.63, 3.8) is 0 Å². The fraction of sp³-hybridized carbons (Fsp3) is 0.455. The molecule has 1 fully saturated rings. The summed E-state index contributed by atoms with van der Waals surface area (Å²) in [7, 11) is 2.10. The van der Waals surface area contributed by atoms with Gasteiger partial charge in [0.1, 0.15) is 0 Å². The highest BCUT2D eigenvalue weighted by molar-refractivity contribution is 6.30. The Balaban J connectivity index is 2.30. The van der Waals surface area contributed by atoms with Crippen LogP contribution in [0.1, 0.15) is 12.0 Å². The summed E-state index contributed by atoms with van der Waals surface area (Å²) in [4.78, 5) is 2.25. The number of likely N-dealkylation sites (N-methyl/N-ethyl adjacent to an activating group) is 1. The van der Waals surface area contributed by atoms with Crippen LogP contribution in [0, 0.1) is 0 Å². The van der Waals surface area contributed by atoms with E-state index in [1.807, 2.05) is 18.2 Å². The summed E-state index contributed by atoms with van der Waals surface area (Å²) in [5.41, 5.74) is 7.28. The molecule has 0 amide bonds. The minimum atomic E-state index is -0.209. The van der Waals surface area contributed by atoms with Gasteiger partial charge in [-0.05, 0) is 31.2 Å². The summed E-state index contributed by atoms with van der Waals surface area (Å²) in [5, 5.41) is 0.766. The minimum absolute atomic E-state index is 0.209. The second-order valence-corrected chi connectivity index (χ2v) is 4.59. The van der Waals surface area contributed by atoms with E-state index in [1.54, 1.807) is 0 Å². The first-order valence-corrected chi connectivity index (χ1v) is 5.21. The SMILES string of the molecule is CN1CCC(N)(c2cccc(Cl)c2)C1. The number of likely N-dealkylation sites (tertiary alicyclic amines) is 1. The fourth-order valence-electron chi connectivity index (χ4n) is 2.06. The third-order valence-electron chi connectivity index (χ3n) is 2.89. The van der Waals surface area contributed by atoms with Crippen LogP contribution < -0.4 is 5.73 Å². The lowest BCUT2D eigenvalue weighted by Gasteiger charge is -2.24. The Morgan fingerprint density at radius 1 is 1.50 bits per heavy atom. The summed E-state index contributed by atoms with van der Waals surface area (Å²) in [6.07, 6.45) is 1.00. The van der Waals surface area contributed by atoms with Crippen LogP contribution >= 0.6 is 11.6 Å². The van der Waals surface area contributed by atoms with Crippen molar-refractivity contribution in [1.29, 1.82) is 0 Å². The van der Waals surface area contributed by atoms with Crippen molar-refractivity contribution in [2.45, 2.75) is 12.0 Å². The molecule has 1 saturated heterocycles. The van der Waals surface area contributed by atoms with Gasteiger partial charge in [0.2, 0.25) is 0 Å². The molecule has 1 aliphatic rings. The van der Waals surface area contributed by atoms with E-state index in [2.05, 4.69) is 18.0 Å². The van der Waals surface area contributed by atoms with E-state index < -0.39 is 0 Å². The maximum atomic E-state index is 6.34. The number of benzene rings is 1. The van der Waals surface area contributed by atoms with Crippen LogP contribution in [0.25, 0.3) is 0 Å². The quantitative estimate of drug-likeness (QED) is 0.767. The Morgan fingerprint density at radius 3 is 2.86 bits per heavy atom. The van der Waals surface area contributed by atoms with Gasteiger partial charge in [0.05, 0.1) is 5.54 Å². The number of nitrogens with two attached hydrogens (primary N) is 1. The molecule has 76 valence electrons. The zero-order chi connectivity index (χ0) is 10.2. The third kappa shape index (κ3) is 1.78. The van der Waals surface area contributed by atoms with Gasteiger partial charge in [0, 0.05) is 18.1 Å². The van der Waals surface area contributed by atoms with Gasteiger partial charge in [0.25, 0.3) is 0 Å².